The normalized spacial score (nSPS) is 10.1. The maximum absolute atomic E-state index is 12.2. The van der Waals surface area contributed by atoms with Crippen LogP contribution in [0.3, 0.4) is 0 Å². The van der Waals surface area contributed by atoms with Gasteiger partial charge in [0.15, 0.2) is 0 Å². The molecule has 0 bridgehead atoms. The smallest absolute Gasteiger partial charge is 0.257 e. The first kappa shape index (κ1) is 13.5. The summed E-state index contributed by atoms with van der Waals surface area (Å²) in [5.74, 6) is 0.487. The molecule has 1 amide bonds. The molecule has 0 aliphatic rings. The van der Waals surface area contributed by atoms with Crippen molar-refractivity contribution in [3.05, 3.63) is 52.3 Å². The highest BCUT2D eigenvalue weighted by Gasteiger charge is 2.11. The molecule has 0 saturated carbocycles. The Morgan fingerprint density at radius 1 is 1.37 bits per heavy atom. The van der Waals surface area contributed by atoms with Crippen LogP contribution in [0.1, 0.15) is 16.1 Å². The molecule has 0 aliphatic carbocycles. The summed E-state index contributed by atoms with van der Waals surface area (Å²) in [6.07, 6.45) is 1.66. The average molecular weight is 321 g/mol. The van der Waals surface area contributed by atoms with Crippen LogP contribution in [-0.4, -0.2) is 18.0 Å². The molecule has 0 aliphatic heterocycles. The van der Waals surface area contributed by atoms with Crippen LogP contribution in [0.15, 0.2) is 41.0 Å². The maximum Gasteiger partial charge on any atom is 0.257 e. The molecular formula is C14H13BrN2O2. The molecule has 5 heteroatoms. The Morgan fingerprint density at radius 2 is 2.16 bits per heavy atom. The summed E-state index contributed by atoms with van der Waals surface area (Å²) in [7, 11) is 1.58. The van der Waals surface area contributed by atoms with E-state index in [-0.39, 0.29) is 5.91 Å². The van der Waals surface area contributed by atoms with Crippen molar-refractivity contribution in [1.82, 2.24) is 4.98 Å². The summed E-state index contributed by atoms with van der Waals surface area (Å²) in [4.78, 5) is 16.3. The molecule has 0 fully saturated rings. The first-order valence-corrected chi connectivity index (χ1v) is 6.47. The Bertz CT molecular complexity index is 614. The maximum atomic E-state index is 12.2. The zero-order valence-corrected chi connectivity index (χ0v) is 12.2. The molecule has 1 aromatic carbocycles. The number of aromatic nitrogens is 1. The minimum Gasteiger partial charge on any atom is -0.497 e. The van der Waals surface area contributed by atoms with Gasteiger partial charge >= 0.3 is 0 Å². The number of hydrogen-bond acceptors (Lipinski definition) is 3. The van der Waals surface area contributed by atoms with Gasteiger partial charge in [0, 0.05) is 22.4 Å². The second-order valence-corrected chi connectivity index (χ2v) is 4.79. The third-order valence-electron chi connectivity index (χ3n) is 2.67. The Morgan fingerprint density at radius 3 is 2.84 bits per heavy atom. The lowest BCUT2D eigenvalue weighted by Crippen LogP contribution is -2.14. The van der Waals surface area contributed by atoms with E-state index < -0.39 is 0 Å². The van der Waals surface area contributed by atoms with Crippen LogP contribution >= 0.6 is 15.9 Å². The van der Waals surface area contributed by atoms with E-state index in [2.05, 4.69) is 26.2 Å². The number of pyridine rings is 1. The standard InChI is InChI=1S/C14H13BrN2O2/c1-9-11(4-3-7-16-9)14(18)17-13-8-10(19-2)5-6-12(13)15/h3-8H,1-2H3,(H,17,18). The highest BCUT2D eigenvalue weighted by molar-refractivity contribution is 9.10. The molecule has 0 radical (unpaired) electrons. The lowest BCUT2D eigenvalue weighted by Gasteiger charge is -2.10. The van der Waals surface area contributed by atoms with Gasteiger partial charge in [0.25, 0.3) is 5.91 Å². The topological polar surface area (TPSA) is 51.2 Å². The van der Waals surface area contributed by atoms with Gasteiger partial charge in [0.2, 0.25) is 0 Å². The highest BCUT2D eigenvalue weighted by Crippen LogP contribution is 2.27. The van der Waals surface area contributed by atoms with Crippen LogP contribution in [0.25, 0.3) is 0 Å². The second-order valence-electron chi connectivity index (χ2n) is 3.94. The van der Waals surface area contributed by atoms with E-state index in [4.69, 9.17) is 4.74 Å². The Kier molecular flexibility index (Phi) is 4.16. The minimum atomic E-state index is -0.195. The number of carbonyl (C=O) groups excluding carboxylic acids is 1. The van der Waals surface area contributed by atoms with E-state index in [0.29, 0.717) is 22.7 Å². The van der Waals surface area contributed by atoms with E-state index in [0.717, 1.165) is 4.47 Å². The fourth-order valence-corrected chi connectivity index (χ4v) is 1.99. The van der Waals surface area contributed by atoms with E-state index in [1.165, 1.54) is 0 Å². The number of anilines is 1. The lowest BCUT2D eigenvalue weighted by atomic mass is 10.2. The molecule has 1 heterocycles. The van der Waals surface area contributed by atoms with Crippen molar-refractivity contribution in [2.45, 2.75) is 6.92 Å². The van der Waals surface area contributed by atoms with Crippen LogP contribution < -0.4 is 10.1 Å². The van der Waals surface area contributed by atoms with Gasteiger partial charge in [-0.25, -0.2) is 0 Å². The van der Waals surface area contributed by atoms with Crippen molar-refractivity contribution >= 4 is 27.5 Å². The van der Waals surface area contributed by atoms with E-state index in [1.54, 1.807) is 38.4 Å². The van der Waals surface area contributed by atoms with Crippen molar-refractivity contribution in [3.63, 3.8) is 0 Å². The third kappa shape index (κ3) is 3.12. The fourth-order valence-electron chi connectivity index (χ4n) is 1.64. The van der Waals surface area contributed by atoms with Crippen molar-refractivity contribution in [2.75, 3.05) is 12.4 Å². The Hall–Kier alpha value is -1.88. The minimum absolute atomic E-state index is 0.195. The number of nitrogens with one attached hydrogen (secondary N) is 1. The largest absolute Gasteiger partial charge is 0.497 e. The summed E-state index contributed by atoms with van der Waals surface area (Å²) in [5.41, 5.74) is 1.91. The number of hydrogen-bond donors (Lipinski definition) is 1. The number of methoxy groups -OCH3 is 1. The average Bonchev–Trinajstić information content (AvgIpc) is 2.41. The molecule has 1 N–H and O–H groups in total. The van der Waals surface area contributed by atoms with Gasteiger partial charge in [0.1, 0.15) is 5.75 Å². The number of amides is 1. The van der Waals surface area contributed by atoms with Crippen LogP contribution in [0.5, 0.6) is 5.75 Å². The van der Waals surface area contributed by atoms with Crippen LogP contribution in [-0.2, 0) is 0 Å². The number of ether oxygens (including phenoxy) is 1. The summed E-state index contributed by atoms with van der Waals surface area (Å²) in [6.45, 7) is 1.80. The number of benzene rings is 1. The molecule has 4 nitrogen and oxygen atoms in total. The molecule has 2 aromatic rings. The molecule has 0 unspecified atom stereocenters. The molecule has 2 rings (SSSR count). The number of halogens is 1. The summed E-state index contributed by atoms with van der Waals surface area (Å²) < 4.78 is 5.93. The molecular weight excluding hydrogens is 308 g/mol. The van der Waals surface area contributed by atoms with Gasteiger partial charge in [-0.2, -0.15) is 0 Å². The van der Waals surface area contributed by atoms with Crippen molar-refractivity contribution in [3.8, 4) is 5.75 Å². The number of carbonyl (C=O) groups is 1. The molecule has 98 valence electrons. The first-order chi connectivity index (χ1) is 9.11. The monoisotopic (exact) mass is 320 g/mol. The predicted molar refractivity (Wildman–Crippen MR) is 77.6 cm³/mol. The van der Waals surface area contributed by atoms with Crippen molar-refractivity contribution in [1.29, 1.82) is 0 Å². The summed E-state index contributed by atoms with van der Waals surface area (Å²) in [6, 6.07) is 8.88. The lowest BCUT2D eigenvalue weighted by molar-refractivity contribution is 0.102. The number of nitrogens with zero attached hydrogens (tertiary/aromatic N) is 1. The Labute approximate surface area is 119 Å². The molecule has 19 heavy (non-hydrogen) atoms. The molecule has 0 atom stereocenters. The Balaban J connectivity index is 2.26. The van der Waals surface area contributed by atoms with Gasteiger partial charge < -0.3 is 10.1 Å². The van der Waals surface area contributed by atoms with Crippen molar-refractivity contribution in [2.24, 2.45) is 0 Å². The number of rotatable bonds is 3. The molecule has 0 spiro atoms. The summed E-state index contributed by atoms with van der Waals surface area (Å²) >= 11 is 3.39. The van der Waals surface area contributed by atoms with Crippen LogP contribution in [0, 0.1) is 6.92 Å². The van der Waals surface area contributed by atoms with Crippen LogP contribution in [0.4, 0.5) is 5.69 Å². The van der Waals surface area contributed by atoms with E-state index in [9.17, 15) is 4.79 Å². The molecule has 0 saturated heterocycles. The quantitative estimate of drug-likeness (QED) is 0.942. The first-order valence-electron chi connectivity index (χ1n) is 5.68. The third-order valence-corrected chi connectivity index (χ3v) is 3.36. The highest BCUT2D eigenvalue weighted by atomic mass is 79.9. The molecule has 1 aromatic heterocycles. The van der Waals surface area contributed by atoms with E-state index in [1.807, 2.05) is 12.1 Å². The summed E-state index contributed by atoms with van der Waals surface area (Å²) in [5, 5.41) is 2.84. The second kappa shape index (κ2) is 5.84. The predicted octanol–water partition coefficient (Wildman–Crippen LogP) is 3.41. The van der Waals surface area contributed by atoms with Gasteiger partial charge in [-0.05, 0) is 47.1 Å². The zero-order valence-electron chi connectivity index (χ0n) is 10.6. The number of aryl methyl sites for hydroxylation is 1. The van der Waals surface area contributed by atoms with Crippen molar-refractivity contribution < 1.29 is 9.53 Å². The van der Waals surface area contributed by atoms with E-state index >= 15 is 0 Å². The van der Waals surface area contributed by atoms with Gasteiger partial charge in [-0.3, -0.25) is 9.78 Å². The van der Waals surface area contributed by atoms with Gasteiger partial charge in [0.05, 0.1) is 18.4 Å². The van der Waals surface area contributed by atoms with Crippen LogP contribution in [0.2, 0.25) is 0 Å². The zero-order chi connectivity index (χ0) is 13.8. The van der Waals surface area contributed by atoms with Gasteiger partial charge in [-0.15, -0.1) is 0 Å². The fraction of sp³-hybridized carbons (Fsp3) is 0.143. The van der Waals surface area contributed by atoms with Gasteiger partial charge in [-0.1, -0.05) is 0 Å². The SMILES string of the molecule is COc1ccc(Br)c(NC(=O)c2cccnc2C)c1.